The van der Waals surface area contributed by atoms with Crippen LogP contribution >= 0.6 is 0 Å². The van der Waals surface area contributed by atoms with Gasteiger partial charge in [-0.15, -0.1) is 10.2 Å². The molecule has 5 rings (SSSR count). The van der Waals surface area contributed by atoms with E-state index in [2.05, 4.69) is 25.4 Å². The molecule has 0 atom stereocenters. The maximum atomic E-state index is 15.5. The number of Topliss-reactive ketones (excluding diaryl/α,β-unsaturated/α-hetero) is 1. The summed E-state index contributed by atoms with van der Waals surface area (Å²) in [4.78, 5) is 16.1. The Kier molecular flexibility index (Phi) is 4.92. The summed E-state index contributed by atoms with van der Waals surface area (Å²) in [5.41, 5.74) is 2.62. The number of alkyl halides is 2. The van der Waals surface area contributed by atoms with E-state index in [1.807, 2.05) is 0 Å². The van der Waals surface area contributed by atoms with Crippen LogP contribution in [0.25, 0.3) is 27.7 Å². The van der Waals surface area contributed by atoms with Crippen LogP contribution in [0.4, 0.5) is 8.78 Å². The fourth-order valence-corrected chi connectivity index (χ4v) is 3.58. The van der Waals surface area contributed by atoms with E-state index < -0.39 is 11.7 Å². The van der Waals surface area contributed by atoms with Gasteiger partial charge in [-0.1, -0.05) is 13.0 Å². The zero-order chi connectivity index (χ0) is 23.2. The molecule has 0 radical (unpaired) electrons. The molecule has 8 nitrogen and oxygen atoms in total. The number of aryl methyl sites for hydroxylation is 1. The number of carbonyl (C=O) groups is 1. The number of benzene rings is 1. The maximum Gasteiger partial charge on any atom is 0.333 e. The van der Waals surface area contributed by atoms with Gasteiger partial charge in [0.1, 0.15) is 0 Å². The van der Waals surface area contributed by atoms with Crippen LogP contribution in [-0.2, 0) is 17.3 Å². The average Bonchev–Trinajstić information content (AvgIpc) is 3.45. The maximum absolute atomic E-state index is 15.5. The summed E-state index contributed by atoms with van der Waals surface area (Å²) in [6.45, 7) is 3.70. The molecule has 0 saturated heterocycles. The van der Waals surface area contributed by atoms with Gasteiger partial charge in [0.25, 0.3) is 0 Å². The van der Waals surface area contributed by atoms with Crippen LogP contribution in [0.3, 0.4) is 0 Å². The summed E-state index contributed by atoms with van der Waals surface area (Å²) >= 11 is 0. The highest BCUT2D eigenvalue weighted by atomic mass is 19.3. The summed E-state index contributed by atoms with van der Waals surface area (Å²) in [6.07, 6.45) is 5.45. The van der Waals surface area contributed by atoms with Crippen molar-refractivity contribution in [2.45, 2.75) is 32.7 Å². The minimum absolute atomic E-state index is 0.0684. The first-order valence-electron chi connectivity index (χ1n) is 10.4. The zero-order valence-corrected chi connectivity index (χ0v) is 17.9. The third-order valence-electron chi connectivity index (χ3n) is 5.42. The van der Waals surface area contributed by atoms with E-state index in [9.17, 15) is 4.79 Å². The summed E-state index contributed by atoms with van der Waals surface area (Å²) in [5, 5.41) is 16.4. The average molecular weight is 447 g/mol. The number of hydrogen-bond acceptors (Lipinski definition) is 6. The third-order valence-corrected chi connectivity index (χ3v) is 5.42. The normalized spacial score (nSPS) is 12.0. The van der Waals surface area contributed by atoms with E-state index in [0.29, 0.717) is 28.6 Å². The van der Waals surface area contributed by atoms with Crippen LogP contribution in [0.1, 0.15) is 30.4 Å². The van der Waals surface area contributed by atoms with Crippen LogP contribution < -0.4 is 0 Å². The number of pyridine rings is 1. The van der Waals surface area contributed by atoms with Gasteiger partial charge in [-0.25, -0.2) is 0 Å². The molecule has 4 aromatic heterocycles. The van der Waals surface area contributed by atoms with Gasteiger partial charge in [-0.05, 0) is 37.3 Å². The number of rotatable bonds is 6. The van der Waals surface area contributed by atoms with Gasteiger partial charge in [-0.2, -0.15) is 23.5 Å². The smallest absolute Gasteiger partial charge is 0.298 e. The number of halogens is 2. The fraction of sp³-hybridized carbons (Fsp3) is 0.217. The van der Waals surface area contributed by atoms with Crippen molar-refractivity contribution < 1.29 is 13.6 Å². The Balaban J connectivity index is 1.53. The van der Waals surface area contributed by atoms with Crippen LogP contribution in [-0.4, -0.2) is 40.4 Å². The second-order valence-corrected chi connectivity index (χ2v) is 7.79. The van der Waals surface area contributed by atoms with Crippen molar-refractivity contribution in [3.8, 4) is 11.1 Å². The van der Waals surface area contributed by atoms with E-state index >= 15 is 8.78 Å². The largest absolute Gasteiger partial charge is 0.333 e. The number of aromatic nitrogens is 7. The zero-order valence-electron chi connectivity index (χ0n) is 17.9. The number of carbonyl (C=O) groups excluding carboxylic acids is 1. The molecule has 0 unspecified atom stereocenters. The highest BCUT2D eigenvalue weighted by Gasteiger charge is 2.40. The molecule has 166 valence electrons. The Morgan fingerprint density at radius 2 is 1.91 bits per heavy atom. The van der Waals surface area contributed by atoms with Gasteiger partial charge < -0.3 is 0 Å². The number of hydrogen-bond donors (Lipinski definition) is 0. The SMILES string of the molecule is CCC(=O)Cn1cc(-c2cnc3ccc(C(F)(F)c4nnc5ccc(C)nn45)cc3c2)cn1. The second-order valence-electron chi connectivity index (χ2n) is 7.79. The van der Waals surface area contributed by atoms with Crippen molar-refractivity contribution in [1.82, 2.24) is 34.6 Å². The van der Waals surface area contributed by atoms with E-state index in [1.165, 1.54) is 12.1 Å². The number of ketones is 1. The fourth-order valence-electron chi connectivity index (χ4n) is 3.58. The Morgan fingerprint density at radius 3 is 2.73 bits per heavy atom. The molecule has 0 N–H and O–H groups in total. The van der Waals surface area contributed by atoms with E-state index in [-0.39, 0.29) is 23.5 Å². The molecule has 0 amide bonds. The standard InChI is InChI=1S/C23H19F2N7O/c1-3-19(33)13-31-12-17(11-27-31)16-8-15-9-18(5-6-20(15)26-10-16)23(24,25)22-29-28-21-7-4-14(2)30-32(21)22/h4-12H,3,13H2,1-2H3. The van der Waals surface area contributed by atoms with Gasteiger partial charge >= 0.3 is 5.92 Å². The molecule has 0 bridgehead atoms. The number of nitrogens with zero attached hydrogens (tertiary/aromatic N) is 7. The van der Waals surface area contributed by atoms with Crippen LogP contribution in [0.2, 0.25) is 0 Å². The molecule has 1 aromatic carbocycles. The highest BCUT2D eigenvalue weighted by molar-refractivity contribution is 5.84. The first-order chi connectivity index (χ1) is 15.8. The molecular formula is C23H19F2N7O. The Labute approximate surface area is 186 Å². The lowest BCUT2D eigenvalue weighted by molar-refractivity contribution is -0.119. The minimum Gasteiger partial charge on any atom is -0.298 e. The lowest BCUT2D eigenvalue weighted by atomic mass is 10.0. The quantitative estimate of drug-likeness (QED) is 0.391. The predicted molar refractivity (Wildman–Crippen MR) is 117 cm³/mol. The van der Waals surface area contributed by atoms with Crippen LogP contribution in [0.15, 0.2) is 55.0 Å². The molecule has 4 heterocycles. The monoisotopic (exact) mass is 447 g/mol. The topological polar surface area (TPSA) is 90.9 Å². The van der Waals surface area contributed by atoms with E-state index in [4.69, 9.17) is 0 Å². The molecule has 0 spiro atoms. The molecule has 0 fully saturated rings. The van der Waals surface area contributed by atoms with Crippen LogP contribution in [0.5, 0.6) is 0 Å². The van der Waals surface area contributed by atoms with Gasteiger partial charge in [-0.3, -0.25) is 14.5 Å². The molecule has 0 saturated carbocycles. The van der Waals surface area contributed by atoms with Gasteiger partial charge in [0, 0.05) is 40.9 Å². The molecule has 0 aliphatic carbocycles. The van der Waals surface area contributed by atoms with Gasteiger partial charge in [0.05, 0.1) is 24.0 Å². The Bertz CT molecular complexity index is 1510. The van der Waals surface area contributed by atoms with Crippen molar-refractivity contribution in [3.05, 3.63) is 72.1 Å². The molecule has 33 heavy (non-hydrogen) atoms. The van der Waals surface area contributed by atoms with Crippen molar-refractivity contribution in [2.24, 2.45) is 0 Å². The van der Waals surface area contributed by atoms with Gasteiger partial charge in [0.15, 0.2) is 11.4 Å². The van der Waals surface area contributed by atoms with E-state index in [0.717, 1.165) is 10.1 Å². The Hall–Kier alpha value is -4.08. The molecule has 0 aliphatic rings. The minimum atomic E-state index is -3.42. The predicted octanol–water partition coefficient (Wildman–Crippen LogP) is 3.96. The lowest BCUT2D eigenvalue weighted by Gasteiger charge is -2.15. The molecule has 10 heteroatoms. The van der Waals surface area contributed by atoms with Crippen LogP contribution in [0, 0.1) is 6.92 Å². The van der Waals surface area contributed by atoms with Crippen molar-refractivity contribution in [3.63, 3.8) is 0 Å². The highest BCUT2D eigenvalue weighted by Crippen LogP contribution is 2.36. The molecule has 5 aromatic rings. The summed E-state index contributed by atoms with van der Waals surface area (Å²) < 4.78 is 33.6. The lowest BCUT2D eigenvalue weighted by Crippen LogP contribution is -2.20. The molecular weight excluding hydrogens is 428 g/mol. The first kappa shape index (κ1) is 20.8. The van der Waals surface area contributed by atoms with Crippen molar-refractivity contribution in [1.29, 1.82) is 0 Å². The van der Waals surface area contributed by atoms with Crippen molar-refractivity contribution in [2.75, 3.05) is 0 Å². The molecule has 0 aliphatic heterocycles. The first-order valence-corrected chi connectivity index (χ1v) is 10.4. The summed E-state index contributed by atoms with van der Waals surface area (Å²) in [5.74, 6) is -3.90. The van der Waals surface area contributed by atoms with Gasteiger partial charge in [0.2, 0.25) is 5.82 Å². The summed E-state index contributed by atoms with van der Waals surface area (Å²) in [6, 6.07) is 9.34. The van der Waals surface area contributed by atoms with E-state index in [1.54, 1.807) is 61.4 Å². The van der Waals surface area contributed by atoms with Crippen molar-refractivity contribution >= 4 is 22.3 Å². The Morgan fingerprint density at radius 1 is 1.06 bits per heavy atom. The summed E-state index contributed by atoms with van der Waals surface area (Å²) in [7, 11) is 0. The third kappa shape index (κ3) is 3.73. The number of fused-ring (bicyclic) bond motifs is 2. The second kappa shape index (κ2) is 7.80.